The number of hydrogen-bond acceptors (Lipinski definition) is 4. The topological polar surface area (TPSA) is 74.9 Å². The van der Waals surface area contributed by atoms with E-state index in [-0.39, 0.29) is 18.4 Å². The zero-order chi connectivity index (χ0) is 26.4. The maximum atomic E-state index is 13.9. The number of benzene rings is 3. The molecule has 4 aromatic rings. The number of aromatic nitrogens is 1. The third-order valence-electron chi connectivity index (χ3n) is 7.66. The molecule has 1 saturated heterocycles. The molecule has 1 aromatic heterocycles. The predicted octanol–water partition coefficient (Wildman–Crippen LogP) is 4.77. The highest BCUT2D eigenvalue weighted by atomic mass is 35.5. The molecule has 2 aliphatic rings. The number of carbonyl (C=O) groups excluding carboxylic acids is 2. The van der Waals surface area contributed by atoms with Gasteiger partial charge in [0.1, 0.15) is 23.6 Å². The normalized spacial score (nSPS) is 18.9. The Morgan fingerprint density at radius 3 is 2.55 bits per heavy atom. The van der Waals surface area contributed by atoms with Crippen LogP contribution in [-0.4, -0.2) is 59.9 Å². The van der Waals surface area contributed by atoms with Crippen molar-refractivity contribution in [1.29, 1.82) is 0 Å². The molecule has 0 bridgehead atoms. The third-order valence-corrected chi connectivity index (χ3v) is 7.91. The average molecular weight is 530 g/mol. The van der Waals surface area contributed by atoms with Crippen LogP contribution < -0.4 is 9.47 Å². The molecule has 0 radical (unpaired) electrons. The molecule has 0 aliphatic carbocycles. The Kier molecular flexibility index (Phi) is 6.24. The first kappa shape index (κ1) is 24.4. The van der Waals surface area contributed by atoms with Gasteiger partial charge in [-0.25, -0.2) is 0 Å². The predicted molar refractivity (Wildman–Crippen MR) is 146 cm³/mol. The fourth-order valence-corrected chi connectivity index (χ4v) is 5.93. The number of para-hydroxylation sites is 1. The van der Waals surface area contributed by atoms with Crippen molar-refractivity contribution in [3.63, 3.8) is 0 Å². The van der Waals surface area contributed by atoms with E-state index in [9.17, 15) is 9.59 Å². The van der Waals surface area contributed by atoms with Gasteiger partial charge in [-0.15, -0.1) is 0 Å². The van der Waals surface area contributed by atoms with Gasteiger partial charge in [0.25, 0.3) is 0 Å². The molecule has 0 saturated carbocycles. The van der Waals surface area contributed by atoms with Gasteiger partial charge >= 0.3 is 0 Å². The van der Waals surface area contributed by atoms with Gasteiger partial charge in [-0.2, -0.15) is 0 Å². The molecule has 194 valence electrons. The number of aromatic amines is 1. The molecule has 0 unspecified atom stereocenters. The molecule has 2 atom stereocenters. The standard InChI is InChI=1S/C30H28ClN3O4/c1-37-20-11-12-26(38-2)23(15-20)29-28-22(21-5-3-4-6-24(21)32-28)16-25-30(36)33(17-27(35)34(25)29)14-13-18-7-9-19(31)10-8-18/h3-12,15,25,29,32H,13-14,16-17H2,1-2H3/t25-,29-/m0/s1. The summed E-state index contributed by atoms with van der Waals surface area (Å²) in [5, 5.41) is 1.73. The molecule has 6 rings (SSSR count). The Morgan fingerprint density at radius 1 is 1.00 bits per heavy atom. The number of methoxy groups -OCH3 is 2. The summed E-state index contributed by atoms with van der Waals surface area (Å²) in [6.45, 7) is 0.492. The number of nitrogens with one attached hydrogen (secondary N) is 1. The van der Waals surface area contributed by atoms with E-state index < -0.39 is 12.1 Å². The van der Waals surface area contributed by atoms with Gasteiger partial charge in [-0.05, 0) is 53.9 Å². The van der Waals surface area contributed by atoms with Crippen LogP contribution >= 0.6 is 11.6 Å². The number of amides is 2. The monoisotopic (exact) mass is 529 g/mol. The fourth-order valence-electron chi connectivity index (χ4n) is 5.81. The van der Waals surface area contributed by atoms with Crippen molar-refractivity contribution in [1.82, 2.24) is 14.8 Å². The lowest BCUT2D eigenvalue weighted by Crippen LogP contribution is -2.63. The number of H-pyrrole nitrogens is 1. The summed E-state index contributed by atoms with van der Waals surface area (Å²) in [7, 11) is 3.22. The van der Waals surface area contributed by atoms with Gasteiger partial charge in [-0.3, -0.25) is 9.59 Å². The van der Waals surface area contributed by atoms with Crippen molar-refractivity contribution in [2.45, 2.75) is 24.9 Å². The zero-order valence-corrected chi connectivity index (χ0v) is 22.0. The lowest BCUT2D eigenvalue weighted by molar-refractivity contribution is -0.158. The summed E-state index contributed by atoms with van der Waals surface area (Å²) >= 11 is 6.02. The first-order valence-corrected chi connectivity index (χ1v) is 13.0. The quantitative estimate of drug-likeness (QED) is 0.390. The highest BCUT2D eigenvalue weighted by Gasteiger charge is 2.48. The Bertz CT molecular complexity index is 1530. The van der Waals surface area contributed by atoms with E-state index in [1.165, 1.54) is 0 Å². The Balaban J connectivity index is 1.42. The second kappa shape index (κ2) is 9.72. The van der Waals surface area contributed by atoms with Crippen molar-refractivity contribution in [2.24, 2.45) is 0 Å². The van der Waals surface area contributed by atoms with Crippen molar-refractivity contribution in [2.75, 3.05) is 27.3 Å². The number of carbonyl (C=O) groups is 2. The minimum atomic E-state index is -0.617. The number of rotatable bonds is 6. The molecule has 0 spiro atoms. The van der Waals surface area contributed by atoms with Crippen molar-refractivity contribution < 1.29 is 19.1 Å². The number of hydrogen-bond donors (Lipinski definition) is 1. The highest BCUT2D eigenvalue weighted by molar-refractivity contribution is 6.30. The van der Waals surface area contributed by atoms with Crippen LogP contribution in [0.4, 0.5) is 0 Å². The van der Waals surface area contributed by atoms with Gasteiger partial charge in [0, 0.05) is 40.1 Å². The van der Waals surface area contributed by atoms with E-state index in [0.29, 0.717) is 35.9 Å². The lowest BCUT2D eigenvalue weighted by atomic mass is 9.85. The van der Waals surface area contributed by atoms with Crippen LogP contribution in [0.2, 0.25) is 5.02 Å². The van der Waals surface area contributed by atoms with E-state index in [2.05, 4.69) is 11.1 Å². The maximum Gasteiger partial charge on any atom is 0.246 e. The first-order chi connectivity index (χ1) is 18.5. The van der Waals surface area contributed by atoms with E-state index in [1.54, 1.807) is 24.0 Å². The summed E-state index contributed by atoms with van der Waals surface area (Å²) in [4.78, 5) is 34.8. The van der Waals surface area contributed by atoms with Gasteiger partial charge in [0.05, 0.1) is 20.8 Å². The minimum Gasteiger partial charge on any atom is -0.497 e. The van der Waals surface area contributed by atoms with Gasteiger partial charge in [0.15, 0.2) is 0 Å². The summed E-state index contributed by atoms with van der Waals surface area (Å²) < 4.78 is 11.3. The number of nitrogens with zero attached hydrogens (tertiary/aromatic N) is 2. The molecule has 1 fully saturated rings. The minimum absolute atomic E-state index is 0.0290. The molecule has 3 aromatic carbocycles. The Hall–Kier alpha value is -3.97. The maximum absolute atomic E-state index is 13.9. The smallest absolute Gasteiger partial charge is 0.246 e. The van der Waals surface area contributed by atoms with E-state index in [0.717, 1.165) is 33.3 Å². The third kappa shape index (κ3) is 4.07. The first-order valence-electron chi connectivity index (χ1n) is 12.6. The highest BCUT2D eigenvalue weighted by Crippen LogP contribution is 2.45. The molecule has 3 heterocycles. The summed E-state index contributed by atoms with van der Waals surface area (Å²) in [6, 6.07) is 20.1. The molecule has 2 aliphatic heterocycles. The average Bonchev–Trinajstić information content (AvgIpc) is 3.32. The largest absolute Gasteiger partial charge is 0.497 e. The van der Waals surface area contributed by atoms with Crippen molar-refractivity contribution in [3.05, 3.63) is 94.1 Å². The number of ether oxygens (including phenoxy) is 2. The number of piperazine rings is 1. The Morgan fingerprint density at radius 2 is 1.79 bits per heavy atom. The zero-order valence-electron chi connectivity index (χ0n) is 21.2. The van der Waals surface area contributed by atoms with E-state index in [1.807, 2.05) is 60.7 Å². The number of fused-ring (bicyclic) bond motifs is 4. The second-order valence-electron chi connectivity index (χ2n) is 9.73. The van der Waals surface area contributed by atoms with Crippen LogP contribution in [0.15, 0.2) is 66.7 Å². The van der Waals surface area contributed by atoms with Gasteiger partial charge in [-0.1, -0.05) is 41.9 Å². The summed E-state index contributed by atoms with van der Waals surface area (Å²) in [5.74, 6) is 1.15. The molecule has 38 heavy (non-hydrogen) atoms. The molecular weight excluding hydrogens is 502 g/mol. The molecule has 1 N–H and O–H groups in total. The van der Waals surface area contributed by atoms with Gasteiger partial charge in [0.2, 0.25) is 11.8 Å². The SMILES string of the molecule is COc1ccc(OC)c([C@H]2c3[nH]c4ccccc4c3C[C@H]3C(=O)N(CCc4ccc(Cl)cc4)CC(=O)N23)c1. The summed E-state index contributed by atoms with van der Waals surface area (Å²) in [5.41, 5.74) is 4.78. The summed E-state index contributed by atoms with van der Waals surface area (Å²) in [6.07, 6.45) is 1.10. The second-order valence-corrected chi connectivity index (χ2v) is 10.2. The van der Waals surface area contributed by atoms with Crippen LogP contribution in [0.1, 0.15) is 28.4 Å². The van der Waals surface area contributed by atoms with Crippen molar-refractivity contribution >= 4 is 34.3 Å². The lowest BCUT2D eigenvalue weighted by Gasteiger charge is -2.47. The Labute approximate surface area is 225 Å². The van der Waals surface area contributed by atoms with Crippen LogP contribution in [0.25, 0.3) is 10.9 Å². The van der Waals surface area contributed by atoms with Crippen LogP contribution in [-0.2, 0) is 22.4 Å². The van der Waals surface area contributed by atoms with Gasteiger partial charge < -0.3 is 24.3 Å². The van der Waals surface area contributed by atoms with Crippen LogP contribution in [0, 0.1) is 0 Å². The molecule has 7 nitrogen and oxygen atoms in total. The van der Waals surface area contributed by atoms with Crippen LogP contribution in [0.3, 0.4) is 0 Å². The number of halogens is 1. The molecule has 2 amide bonds. The molecule has 8 heteroatoms. The van der Waals surface area contributed by atoms with E-state index in [4.69, 9.17) is 21.1 Å². The molecular formula is C30H28ClN3O4. The van der Waals surface area contributed by atoms with Crippen LogP contribution in [0.5, 0.6) is 11.5 Å². The van der Waals surface area contributed by atoms with Crippen molar-refractivity contribution in [3.8, 4) is 11.5 Å². The fraction of sp³-hybridized carbons (Fsp3) is 0.267. The van der Waals surface area contributed by atoms with E-state index >= 15 is 0 Å².